The van der Waals surface area contributed by atoms with Gasteiger partial charge in [-0.25, -0.2) is 9.55 Å². The third-order valence-electron chi connectivity index (χ3n) is 11.1. The van der Waals surface area contributed by atoms with Crippen LogP contribution in [0.25, 0.3) is 0 Å². The van der Waals surface area contributed by atoms with Crippen LogP contribution in [-0.4, -0.2) is 163 Å². The number of phosphoric acid groups is 1. The van der Waals surface area contributed by atoms with E-state index in [1.165, 1.54) is 18.2 Å². The summed E-state index contributed by atoms with van der Waals surface area (Å²) in [6.07, 6.45) is 2.91. The van der Waals surface area contributed by atoms with E-state index in [4.69, 9.17) is 30.7 Å². The van der Waals surface area contributed by atoms with Gasteiger partial charge in [0.1, 0.15) is 24.2 Å². The molecule has 0 saturated heterocycles. The van der Waals surface area contributed by atoms with Crippen LogP contribution in [0.2, 0.25) is 0 Å². The Morgan fingerprint density at radius 3 is 2.09 bits per heavy atom. The number of nitrogens with one attached hydrogen (secondary N) is 5. The number of aliphatic hydroxyl groups is 1. The zero-order chi connectivity index (χ0) is 53.0. The molecule has 0 fully saturated rings. The summed E-state index contributed by atoms with van der Waals surface area (Å²) in [6, 6.07) is -7.74. The molecule has 7 atom stereocenters. The number of aromatic nitrogens is 2. The minimum atomic E-state index is -4.96. The molecule has 2 heterocycles. The van der Waals surface area contributed by atoms with E-state index in [-0.39, 0.29) is 56.4 Å². The lowest BCUT2D eigenvalue weighted by Gasteiger charge is -2.32. The Bertz CT molecular complexity index is 2040. The molecule has 1 unspecified atom stereocenters. The molecule has 7 amide bonds. The number of ether oxygens (including phenoxy) is 2. The molecule has 1 aromatic rings. The number of primary amides is 1. The molecule has 1 aromatic heterocycles. The molecule has 0 spiro atoms. The van der Waals surface area contributed by atoms with Crippen LogP contribution < -0.4 is 38.1 Å². The van der Waals surface area contributed by atoms with E-state index in [2.05, 4.69) is 60.6 Å². The van der Waals surface area contributed by atoms with E-state index in [9.17, 15) is 43.2 Å². The van der Waals surface area contributed by atoms with Crippen molar-refractivity contribution >= 4 is 61.8 Å². The van der Waals surface area contributed by atoms with Gasteiger partial charge in [0.25, 0.3) is 5.91 Å². The molecule has 0 bridgehead atoms. The third-order valence-corrected chi connectivity index (χ3v) is 12.1. The summed E-state index contributed by atoms with van der Waals surface area (Å²) in [4.78, 5) is 117. The lowest BCUT2D eigenvalue weighted by atomic mass is 10.0. The number of phosphoric ester groups is 1. The van der Waals surface area contributed by atoms with Gasteiger partial charge in [0, 0.05) is 50.6 Å². The number of amides is 7. The second kappa shape index (κ2) is 29.0. The molecule has 0 saturated carbocycles. The van der Waals surface area contributed by atoms with Crippen molar-refractivity contribution in [1.82, 2.24) is 41.0 Å². The Morgan fingerprint density at radius 2 is 1.50 bits per heavy atom. The van der Waals surface area contributed by atoms with Crippen LogP contribution in [0, 0.1) is 17.8 Å². The Kier molecular flexibility index (Phi) is 25.5. The van der Waals surface area contributed by atoms with Crippen LogP contribution in [0.15, 0.2) is 12.5 Å². The second-order valence-electron chi connectivity index (χ2n) is 18.7. The van der Waals surface area contributed by atoms with Gasteiger partial charge in [-0.1, -0.05) is 25.7 Å². The summed E-state index contributed by atoms with van der Waals surface area (Å²) in [5.74, 6) is 0.519. The number of aliphatic hydroxyl groups excluding tert-OH is 1. The van der Waals surface area contributed by atoms with Gasteiger partial charge in [0.2, 0.25) is 35.4 Å². The predicted octanol–water partition coefficient (Wildman–Crippen LogP) is -1.56. The van der Waals surface area contributed by atoms with Gasteiger partial charge >= 0.3 is 7.82 Å². The highest BCUT2D eigenvalue weighted by Crippen LogP contribution is 2.38. The summed E-state index contributed by atoms with van der Waals surface area (Å²) >= 11 is 4.04. The fourth-order valence-corrected chi connectivity index (χ4v) is 7.73. The Hall–Kier alpha value is -4.64. The number of nitrogens with zero attached hydrogens (tertiary/aromatic N) is 3. The molecule has 1 aliphatic heterocycles. The van der Waals surface area contributed by atoms with E-state index in [0.717, 1.165) is 0 Å². The average Bonchev–Trinajstić information content (AvgIpc) is 3.68. The molecule has 2 rings (SSSR count). The van der Waals surface area contributed by atoms with Gasteiger partial charge < -0.3 is 71.9 Å². The fourth-order valence-electron chi connectivity index (χ4n) is 7.01. The van der Waals surface area contributed by atoms with Crippen LogP contribution in [0.5, 0.6) is 0 Å². The molecule has 0 radical (unpaired) electrons. The third kappa shape index (κ3) is 22.6. The van der Waals surface area contributed by atoms with Gasteiger partial charge in [-0.15, -0.1) is 0 Å². The maximum Gasteiger partial charge on any atom is 0.469 e. The van der Waals surface area contributed by atoms with E-state index >= 15 is 0 Å². The molecule has 396 valence electrons. The molecule has 26 heteroatoms. The summed E-state index contributed by atoms with van der Waals surface area (Å²) in [7, 11) is -3.23. The number of thiol groups is 1. The number of nitrogens with two attached hydrogens (primary N) is 2. The van der Waals surface area contributed by atoms with E-state index in [0.29, 0.717) is 38.1 Å². The van der Waals surface area contributed by atoms with Gasteiger partial charge in [-0.3, -0.25) is 38.1 Å². The first kappa shape index (κ1) is 61.5. The van der Waals surface area contributed by atoms with Crippen LogP contribution in [0.4, 0.5) is 0 Å². The van der Waals surface area contributed by atoms with Crippen molar-refractivity contribution in [3.63, 3.8) is 0 Å². The molecular weight excluding hydrogens is 956 g/mol. The molecule has 24 nitrogen and oxygen atoms in total. The highest BCUT2D eigenvalue weighted by atomic mass is 32.1. The Labute approximate surface area is 415 Å². The van der Waals surface area contributed by atoms with Crippen molar-refractivity contribution in [2.24, 2.45) is 24.4 Å². The first-order chi connectivity index (χ1) is 32.6. The summed E-state index contributed by atoms with van der Waals surface area (Å²) in [6.45, 7) is 12.3. The zero-order valence-electron chi connectivity index (χ0n) is 41.4. The first-order valence-corrected chi connectivity index (χ1v) is 25.3. The smallest absolute Gasteiger partial charge is 0.394 e. The van der Waals surface area contributed by atoms with Gasteiger partial charge in [-0.05, 0) is 72.6 Å². The molecule has 12 N–H and O–H groups in total. The minimum absolute atomic E-state index is 0.0314. The number of carbonyl (C=O) groups is 7. The van der Waals surface area contributed by atoms with Crippen molar-refractivity contribution in [1.29, 1.82) is 0 Å². The highest BCUT2D eigenvalue weighted by molar-refractivity contribution is 7.80. The van der Waals surface area contributed by atoms with Crippen molar-refractivity contribution in [3.8, 4) is 11.8 Å². The van der Waals surface area contributed by atoms with Crippen molar-refractivity contribution in [2.75, 3.05) is 38.7 Å². The van der Waals surface area contributed by atoms with Crippen molar-refractivity contribution in [2.45, 2.75) is 153 Å². The Morgan fingerprint density at radius 1 is 0.900 bits per heavy atom. The number of rotatable bonds is 32. The van der Waals surface area contributed by atoms with Gasteiger partial charge in [0.15, 0.2) is 6.04 Å². The minimum Gasteiger partial charge on any atom is -0.394 e. The monoisotopic (exact) mass is 1030 g/mol. The molecule has 0 aromatic carbocycles. The number of hydrogen-bond acceptors (Lipinski definition) is 15. The lowest BCUT2D eigenvalue weighted by Crippen LogP contribution is -2.60. The lowest BCUT2D eigenvalue weighted by molar-refractivity contribution is -0.142. The largest absolute Gasteiger partial charge is 0.469 e. The molecule has 70 heavy (non-hydrogen) atoms. The van der Waals surface area contributed by atoms with Crippen LogP contribution in [-0.2, 0) is 65.6 Å². The highest BCUT2D eigenvalue weighted by Gasteiger charge is 2.36. The normalized spacial score (nSPS) is 16.7. The van der Waals surface area contributed by atoms with Crippen molar-refractivity contribution < 1.29 is 67.0 Å². The predicted molar refractivity (Wildman–Crippen MR) is 259 cm³/mol. The maximum atomic E-state index is 14.1. The maximum absolute atomic E-state index is 14.1. The standard InChI is InChI=1S/C44H75N10O14PS/c1-27(2)21-33(51-42(62)35-11-9-10-18-54(35)36(56)14-19-66-44(6,7)16-20-67-43(4,5)15-17-48-38(58)30(45)25-70)40(60)49-31(13-12-29-23-47-26-53(29)8)39(59)52-34(24-55)41(61)50-32(37(46)57)22-28(3)68-69(63,64)65/h23,26-28,30-35,55,70H,10,12-22,24-25,45H2,1-8H3,(H2,46,57)(H,48,58)(H,49,60)(H,50,61)(H,51,62)(H,52,59)(H2,63,64,65)/t28?,30-,31-,32-,33-,34-,35-/m0/s1. The van der Waals surface area contributed by atoms with Crippen LogP contribution in [0.1, 0.15) is 99.1 Å². The number of imidazole rings is 1. The SMILES string of the molecule is CC(C)C[C@H](NC(=O)[C@@H]1C#CCCN1C(=O)CCOC(C)(C)CCOC(C)(C)CCNC(=O)[C@@H](N)CS)C(=O)N[C@@H](CCc1cncn1C)C(=O)N[C@@H](CO)C(=O)N[C@@H](CC(C)OP(=O)(O)O)C(N)=O. The fraction of sp³-hybridized carbons (Fsp3) is 0.727. The van der Waals surface area contributed by atoms with E-state index in [1.54, 1.807) is 17.8 Å². The Balaban J connectivity index is 2.15. The zero-order valence-corrected chi connectivity index (χ0v) is 43.2. The first-order valence-electron chi connectivity index (χ1n) is 23.1. The average molecular weight is 1030 g/mol. The summed E-state index contributed by atoms with van der Waals surface area (Å²) < 4.78 is 29.7. The molecule has 1 aliphatic rings. The van der Waals surface area contributed by atoms with E-state index in [1.807, 2.05) is 41.5 Å². The number of hydrogen-bond donors (Lipinski definition) is 11. The second-order valence-corrected chi connectivity index (χ2v) is 20.3. The van der Waals surface area contributed by atoms with Crippen LogP contribution >= 0.6 is 20.5 Å². The van der Waals surface area contributed by atoms with Gasteiger partial charge in [0.05, 0.1) is 55.9 Å². The van der Waals surface area contributed by atoms with E-state index < -0.39 is 110 Å². The quantitative estimate of drug-likeness (QED) is 0.0221. The topological polar surface area (TPSA) is 358 Å². The van der Waals surface area contributed by atoms with Crippen molar-refractivity contribution in [3.05, 3.63) is 18.2 Å². The number of carbonyl (C=O) groups excluding carboxylic acids is 7. The number of aryl methyl sites for hydroxylation is 2. The molecular formula is C44H75N10O14PS. The van der Waals surface area contributed by atoms with Crippen LogP contribution in [0.3, 0.4) is 0 Å². The summed E-state index contributed by atoms with van der Waals surface area (Å²) in [5.41, 5.74) is 10.6. The molecule has 0 aliphatic carbocycles. The summed E-state index contributed by atoms with van der Waals surface area (Å²) in [5, 5.41) is 22.9. The van der Waals surface area contributed by atoms with Gasteiger partial charge in [-0.2, -0.15) is 12.6 Å².